The number of benzene rings is 1. The number of hydrogen-bond acceptors (Lipinski definition) is 2. The van der Waals surface area contributed by atoms with Gasteiger partial charge in [0.25, 0.3) is 0 Å². The topological polar surface area (TPSA) is 49.4 Å². The van der Waals surface area contributed by atoms with Crippen LogP contribution in [-0.2, 0) is 4.79 Å². The van der Waals surface area contributed by atoms with Crippen molar-refractivity contribution in [3.05, 3.63) is 29.8 Å². The molecule has 3 amide bonds. The minimum atomic E-state index is -0.938. The fourth-order valence-electron chi connectivity index (χ4n) is 1.98. The normalized spacial score (nSPS) is 19.8. The van der Waals surface area contributed by atoms with E-state index in [1.165, 1.54) is 0 Å². The number of urea groups is 1. The molecule has 1 aliphatic rings. The number of carbonyl (C=O) groups is 2. The molecule has 19 heavy (non-hydrogen) atoms. The first kappa shape index (κ1) is 13.5. The molecule has 0 spiro atoms. The average molecular weight is 268 g/mol. The number of imide groups is 1. The molecule has 1 unspecified atom stereocenters. The Balaban J connectivity index is 2.31. The molecule has 0 aliphatic carbocycles. The summed E-state index contributed by atoms with van der Waals surface area (Å²) in [7, 11) is 0. The number of amides is 3. The Morgan fingerprint density at radius 2 is 2.00 bits per heavy atom. The molecule has 2 rings (SSSR count). The molecule has 102 valence electrons. The molecule has 0 saturated carbocycles. The molecule has 0 radical (unpaired) electrons. The molecular weight excluding hydrogens is 254 g/mol. The summed E-state index contributed by atoms with van der Waals surface area (Å²) < 4.78 is 26.5. The predicted molar refractivity (Wildman–Crippen MR) is 65.6 cm³/mol. The summed E-state index contributed by atoms with van der Waals surface area (Å²) >= 11 is 0. The van der Waals surface area contributed by atoms with Gasteiger partial charge in [-0.05, 0) is 18.1 Å². The Bertz CT molecular complexity index is 513. The lowest BCUT2D eigenvalue weighted by Gasteiger charge is -2.33. The standard InChI is InChI=1S/C13H14F2N2O2/c1-7(2)10-6-12(18)17(13(19)16-10)11-4-3-8(14)5-9(11)15/h3-5,7,10H,6H2,1-2H3,(H,16,19). The lowest BCUT2D eigenvalue weighted by Crippen LogP contribution is -2.56. The molecule has 1 aromatic carbocycles. The van der Waals surface area contributed by atoms with Crippen LogP contribution in [0, 0.1) is 17.6 Å². The smallest absolute Gasteiger partial charge is 0.329 e. The Labute approximate surface area is 109 Å². The quantitative estimate of drug-likeness (QED) is 0.895. The van der Waals surface area contributed by atoms with Gasteiger partial charge in [0.2, 0.25) is 5.91 Å². The van der Waals surface area contributed by atoms with Crippen LogP contribution in [0.3, 0.4) is 0 Å². The van der Waals surface area contributed by atoms with Crippen LogP contribution in [0.1, 0.15) is 20.3 Å². The lowest BCUT2D eigenvalue weighted by atomic mass is 9.98. The Hall–Kier alpha value is -1.98. The van der Waals surface area contributed by atoms with Gasteiger partial charge < -0.3 is 5.32 Å². The van der Waals surface area contributed by atoms with Crippen molar-refractivity contribution in [3.63, 3.8) is 0 Å². The van der Waals surface area contributed by atoms with Gasteiger partial charge in [0, 0.05) is 18.5 Å². The molecule has 1 aromatic rings. The second-order valence-corrected chi connectivity index (χ2v) is 4.83. The molecule has 4 nitrogen and oxygen atoms in total. The zero-order chi connectivity index (χ0) is 14.2. The fourth-order valence-corrected chi connectivity index (χ4v) is 1.98. The number of hydrogen-bond donors (Lipinski definition) is 1. The number of anilines is 1. The summed E-state index contributed by atoms with van der Waals surface area (Å²) in [6, 6.07) is 1.79. The van der Waals surface area contributed by atoms with Crippen molar-refractivity contribution in [2.75, 3.05) is 4.90 Å². The molecule has 1 fully saturated rings. The van der Waals surface area contributed by atoms with E-state index in [4.69, 9.17) is 0 Å². The van der Waals surface area contributed by atoms with E-state index in [2.05, 4.69) is 5.32 Å². The van der Waals surface area contributed by atoms with E-state index in [-0.39, 0.29) is 24.1 Å². The van der Waals surface area contributed by atoms with Crippen LogP contribution in [-0.4, -0.2) is 18.0 Å². The van der Waals surface area contributed by atoms with Crippen molar-refractivity contribution in [1.82, 2.24) is 5.32 Å². The zero-order valence-corrected chi connectivity index (χ0v) is 10.6. The Morgan fingerprint density at radius 1 is 1.32 bits per heavy atom. The van der Waals surface area contributed by atoms with Gasteiger partial charge in [-0.15, -0.1) is 0 Å². The van der Waals surface area contributed by atoms with Gasteiger partial charge in [0.05, 0.1) is 5.69 Å². The van der Waals surface area contributed by atoms with Crippen molar-refractivity contribution in [2.45, 2.75) is 26.3 Å². The minimum absolute atomic E-state index is 0.0974. The zero-order valence-electron chi connectivity index (χ0n) is 10.6. The van der Waals surface area contributed by atoms with Crippen LogP contribution < -0.4 is 10.2 Å². The van der Waals surface area contributed by atoms with Crippen LogP contribution in [0.5, 0.6) is 0 Å². The van der Waals surface area contributed by atoms with Gasteiger partial charge in [-0.2, -0.15) is 0 Å². The van der Waals surface area contributed by atoms with Crippen molar-refractivity contribution < 1.29 is 18.4 Å². The molecule has 6 heteroatoms. The number of halogens is 2. The minimum Gasteiger partial charge on any atom is -0.334 e. The second kappa shape index (κ2) is 4.95. The second-order valence-electron chi connectivity index (χ2n) is 4.83. The van der Waals surface area contributed by atoms with Crippen molar-refractivity contribution >= 4 is 17.6 Å². The molecular formula is C13H14F2N2O2. The van der Waals surface area contributed by atoms with Gasteiger partial charge in [0.15, 0.2) is 0 Å². The van der Waals surface area contributed by atoms with Crippen molar-refractivity contribution in [1.29, 1.82) is 0 Å². The van der Waals surface area contributed by atoms with Crippen molar-refractivity contribution in [2.24, 2.45) is 5.92 Å². The SMILES string of the molecule is CC(C)C1CC(=O)N(c2ccc(F)cc2F)C(=O)N1. The van der Waals surface area contributed by atoms with E-state index >= 15 is 0 Å². The molecule has 1 saturated heterocycles. The number of nitrogens with zero attached hydrogens (tertiary/aromatic N) is 1. The highest BCUT2D eigenvalue weighted by Gasteiger charge is 2.35. The lowest BCUT2D eigenvalue weighted by molar-refractivity contribution is -0.119. The first-order chi connectivity index (χ1) is 8.90. The first-order valence-corrected chi connectivity index (χ1v) is 5.98. The van der Waals surface area contributed by atoms with Gasteiger partial charge in [-0.3, -0.25) is 4.79 Å². The third kappa shape index (κ3) is 2.57. The van der Waals surface area contributed by atoms with E-state index in [9.17, 15) is 18.4 Å². The molecule has 1 atom stereocenters. The molecule has 0 aromatic heterocycles. The molecule has 1 aliphatic heterocycles. The van der Waals surface area contributed by atoms with Gasteiger partial charge in [-0.1, -0.05) is 13.8 Å². The largest absolute Gasteiger partial charge is 0.334 e. The maximum absolute atomic E-state index is 13.6. The summed E-state index contributed by atoms with van der Waals surface area (Å²) in [6.07, 6.45) is 0.0974. The van der Waals surface area contributed by atoms with Gasteiger partial charge in [0.1, 0.15) is 11.6 Å². The third-order valence-corrected chi connectivity index (χ3v) is 3.11. The van der Waals surface area contributed by atoms with E-state index < -0.39 is 23.6 Å². The summed E-state index contributed by atoms with van der Waals surface area (Å²) in [6.45, 7) is 3.76. The summed E-state index contributed by atoms with van der Waals surface area (Å²) in [5, 5.41) is 2.64. The molecule has 1 heterocycles. The summed E-state index contributed by atoms with van der Waals surface area (Å²) in [5.74, 6) is -2.08. The monoisotopic (exact) mass is 268 g/mol. The third-order valence-electron chi connectivity index (χ3n) is 3.11. The first-order valence-electron chi connectivity index (χ1n) is 5.98. The Kier molecular flexibility index (Phi) is 3.50. The van der Waals surface area contributed by atoms with E-state index in [0.29, 0.717) is 11.0 Å². The van der Waals surface area contributed by atoms with E-state index in [1.54, 1.807) is 0 Å². The van der Waals surface area contributed by atoms with Gasteiger partial charge in [-0.25, -0.2) is 18.5 Å². The van der Waals surface area contributed by atoms with Crippen molar-refractivity contribution in [3.8, 4) is 0 Å². The number of carbonyl (C=O) groups excluding carboxylic acids is 2. The fraction of sp³-hybridized carbons (Fsp3) is 0.385. The Morgan fingerprint density at radius 3 is 2.53 bits per heavy atom. The highest BCUT2D eigenvalue weighted by Crippen LogP contribution is 2.25. The van der Waals surface area contributed by atoms with Gasteiger partial charge >= 0.3 is 6.03 Å². The maximum atomic E-state index is 13.6. The maximum Gasteiger partial charge on any atom is 0.329 e. The number of nitrogens with one attached hydrogen (secondary N) is 1. The molecule has 0 bridgehead atoms. The predicted octanol–water partition coefficient (Wildman–Crippen LogP) is 2.44. The number of rotatable bonds is 2. The highest BCUT2D eigenvalue weighted by atomic mass is 19.1. The van der Waals surface area contributed by atoms with Crippen LogP contribution in [0.15, 0.2) is 18.2 Å². The van der Waals surface area contributed by atoms with Crippen LogP contribution >= 0.6 is 0 Å². The van der Waals surface area contributed by atoms with Crippen LogP contribution in [0.2, 0.25) is 0 Å². The van der Waals surface area contributed by atoms with Crippen LogP contribution in [0.25, 0.3) is 0 Å². The molecule has 1 N–H and O–H groups in total. The summed E-state index contributed by atoms with van der Waals surface area (Å²) in [4.78, 5) is 24.6. The van der Waals surface area contributed by atoms with Crippen LogP contribution in [0.4, 0.5) is 19.3 Å². The summed E-state index contributed by atoms with van der Waals surface area (Å²) in [5.41, 5.74) is -0.230. The van der Waals surface area contributed by atoms with E-state index in [1.807, 2.05) is 13.8 Å². The highest BCUT2D eigenvalue weighted by molar-refractivity contribution is 6.16. The van der Waals surface area contributed by atoms with E-state index in [0.717, 1.165) is 12.1 Å². The average Bonchev–Trinajstić information content (AvgIpc) is 2.30.